The van der Waals surface area contributed by atoms with Crippen LogP contribution in [-0.4, -0.2) is 20.2 Å². The molecule has 0 bridgehead atoms. The number of nitrogens with zero attached hydrogens (tertiary/aromatic N) is 4. The van der Waals surface area contributed by atoms with Crippen molar-refractivity contribution in [3.05, 3.63) is 35.4 Å². The Labute approximate surface area is 92.1 Å². The average molecular weight is 221 g/mol. The first kappa shape index (κ1) is 10.7. The first-order valence-electron chi connectivity index (χ1n) is 4.90. The third-order valence-corrected chi connectivity index (χ3v) is 2.29. The summed E-state index contributed by atoms with van der Waals surface area (Å²) >= 11 is 0. The van der Waals surface area contributed by atoms with Crippen molar-refractivity contribution in [3.63, 3.8) is 0 Å². The second-order valence-electron chi connectivity index (χ2n) is 3.67. The van der Waals surface area contributed by atoms with E-state index in [2.05, 4.69) is 15.5 Å². The molecule has 0 aliphatic heterocycles. The summed E-state index contributed by atoms with van der Waals surface area (Å²) in [6.07, 6.45) is 0. The SMILES string of the molecule is Cc1cc(F)ccc1-n1nnnc1C(C)N. The largest absolute Gasteiger partial charge is 0.321 e. The van der Waals surface area contributed by atoms with Crippen molar-refractivity contribution >= 4 is 0 Å². The average Bonchev–Trinajstić information content (AvgIpc) is 2.66. The summed E-state index contributed by atoms with van der Waals surface area (Å²) in [6, 6.07) is 4.16. The monoisotopic (exact) mass is 221 g/mol. The van der Waals surface area contributed by atoms with E-state index in [0.717, 1.165) is 11.3 Å². The van der Waals surface area contributed by atoms with Crippen LogP contribution < -0.4 is 5.73 Å². The molecular formula is C10H12FN5. The van der Waals surface area contributed by atoms with E-state index in [9.17, 15) is 4.39 Å². The summed E-state index contributed by atoms with van der Waals surface area (Å²) in [5.74, 6) is 0.270. The number of aryl methyl sites for hydroxylation is 1. The zero-order valence-corrected chi connectivity index (χ0v) is 9.05. The first-order chi connectivity index (χ1) is 7.59. The van der Waals surface area contributed by atoms with Gasteiger partial charge in [0.15, 0.2) is 5.82 Å². The molecule has 2 N–H and O–H groups in total. The van der Waals surface area contributed by atoms with Crippen LogP contribution in [0.1, 0.15) is 24.4 Å². The van der Waals surface area contributed by atoms with Gasteiger partial charge in [0.1, 0.15) is 5.82 Å². The van der Waals surface area contributed by atoms with E-state index in [4.69, 9.17) is 5.73 Å². The van der Waals surface area contributed by atoms with Gasteiger partial charge in [0.25, 0.3) is 0 Å². The summed E-state index contributed by atoms with van der Waals surface area (Å²) in [7, 11) is 0. The smallest absolute Gasteiger partial charge is 0.173 e. The maximum absolute atomic E-state index is 13.0. The molecule has 2 rings (SSSR count). The van der Waals surface area contributed by atoms with Crippen LogP contribution in [-0.2, 0) is 0 Å². The number of hydrogen-bond donors (Lipinski definition) is 1. The number of nitrogens with two attached hydrogens (primary N) is 1. The van der Waals surface area contributed by atoms with Gasteiger partial charge in [0.2, 0.25) is 0 Å². The Kier molecular flexibility index (Phi) is 2.66. The molecule has 1 aromatic heterocycles. The van der Waals surface area contributed by atoms with Crippen molar-refractivity contribution in [2.24, 2.45) is 5.73 Å². The highest BCUT2D eigenvalue weighted by atomic mass is 19.1. The Hall–Kier alpha value is -1.82. The number of halogens is 1. The molecule has 0 spiro atoms. The standard InChI is InChI=1S/C10H12FN5/c1-6-5-8(11)3-4-9(6)16-10(7(2)12)13-14-15-16/h3-5,7H,12H2,1-2H3. The minimum absolute atomic E-state index is 0.278. The quantitative estimate of drug-likeness (QED) is 0.825. The molecule has 0 saturated heterocycles. The summed E-state index contributed by atoms with van der Waals surface area (Å²) in [6.45, 7) is 3.59. The number of benzene rings is 1. The maximum atomic E-state index is 13.0. The number of tetrazole rings is 1. The van der Waals surface area contributed by atoms with Gasteiger partial charge in [0.05, 0.1) is 11.7 Å². The number of aromatic nitrogens is 4. The number of hydrogen-bond acceptors (Lipinski definition) is 4. The van der Waals surface area contributed by atoms with Gasteiger partial charge in [-0.3, -0.25) is 0 Å². The van der Waals surface area contributed by atoms with Gasteiger partial charge in [-0.1, -0.05) is 0 Å². The summed E-state index contributed by atoms with van der Waals surface area (Å²) < 4.78 is 14.5. The molecule has 5 nitrogen and oxygen atoms in total. The van der Waals surface area contributed by atoms with E-state index < -0.39 is 0 Å². The van der Waals surface area contributed by atoms with E-state index in [1.807, 2.05) is 0 Å². The van der Waals surface area contributed by atoms with Gasteiger partial charge in [-0.05, 0) is 48.0 Å². The lowest BCUT2D eigenvalue weighted by Gasteiger charge is -2.09. The second-order valence-corrected chi connectivity index (χ2v) is 3.67. The highest BCUT2D eigenvalue weighted by Crippen LogP contribution is 2.17. The molecule has 84 valence electrons. The van der Waals surface area contributed by atoms with E-state index in [1.54, 1.807) is 19.9 Å². The van der Waals surface area contributed by atoms with E-state index in [1.165, 1.54) is 16.8 Å². The second kappa shape index (κ2) is 3.97. The molecule has 0 saturated carbocycles. The van der Waals surface area contributed by atoms with Crippen LogP contribution in [0.4, 0.5) is 4.39 Å². The van der Waals surface area contributed by atoms with Crippen molar-refractivity contribution in [1.82, 2.24) is 20.2 Å². The lowest BCUT2D eigenvalue weighted by Crippen LogP contribution is -2.14. The lowest BCUT2D eigenvalue weighted by molar-refractivity contribution is 0.623. The Bertz CT molecular complexity index is 506. The molecule has 0 aliphatic rings. The highest BCUT2D eigenvalue weighted by Gasteiger charge is 2.13. The van der Waals surface area contributed by atoms with Gasteiger partial charge < -0.3 is 5.73 Å². The van der Waals surface area contributed by atoms with E-state index in [-0.39, 0.29) is 11.9 Å². The molecule has 0 fully saturated rings. The fraction of sp³-hybridized carbons (Fsp3) is 0.300. The normalized spacial score (nSPS) is 12.8. The molecule has 1 aromatic carbocycles. The summed E-state index contributed by atoms with van der Waals surface area (Å²) in [4.78, 5) is 0. The minimum atomic E-state index is -0.281. The Morgan fingerprint density at radius 3 is 2.81 bits per heavy atom. The summed E-state index contributed by atoms with van der Waals surface area (Å²) in [5, 5.41) is 11.3. The first-order valence-corrected chi connectivity index (χ1v) is 4.90. The molecule has 6 heteroatoms. The van der Waals surface area contributed by atoms with Crippen LogP contribution in [0, 0.1) is 12.7 Å². The van der Waals surface area contributed by atoms with Gasteiger partial charge in [-0.2, -0.15) is 4.68 Å². The van der Waals surface area contributed by atoms with Gasteiger partial charge in [-0.25, -0.2) is 4.39 Å². The zero-order valence-electron chi connectivity index (χ0n) is 9.05. The van der Waals surface area contributed by atoms with Gasteiger partial charge >= 0.3 is 0 Å². The molecule has 1 heterocycles. The molecule has 0 aliphatic carbocycles. The number of rotatable bonds is 2. The predicted octanol–water partition coefficient (Wildman–Crippen LogP) is 1.13. The third-order valence-electron chi connectivity index (χ3n) is 2.29. The highest BCUT2D eigenvalue weighted by molar-refractivity contribution is 5.40. The fourth-order valence-electron chi connectivity index (χ4n) is 1.51. The van der Waals surface area contributed by atoms with Crippen molar-refractivity contribution in [1.29, 1.82) is 0 Å². The predicted molar refractivity (Wildman–Crippen MR) is 56.5 cm³/mol. The van der Waals surface area contributed by atoms with Crippen molar-refractivity contribution in [3.8, 4) is 5.69 Å². The van der Waals surface area contributed by atoms with Crippen LogP contribution in [0.15, 0.2) is 18.2 Å². The molecule has 0 radical (unpaired) electrons. The van der Waals surface area contributed by atoms with E-state index in [0.29, 0.717) is 5.82 Å². The zero-order chi connectivity index (χ0) is 11.7. The molecule has 1 atom stereocenters. The Morgan fingerprint density at radius 2 is 2.19 bits per heavy atom. The molecule has 0 amide bonds. The topological polar surface area (TPSA) is 69.6 Å². The molecule has 16 heavy (non-hydrogen) atoms. The van der Waals surface area contributed by atoms with E-state index >= 15 is 0 Å². The van der Waals surface area contributed by atoms with Gasteiger partial charge in [-0.15, -0.1) is 5.10 Å². The molecule has 1 unspecified atom stereocenters. The van der Waals surface area contributed by atoms with Crippen LogP contribution in [0.2, 0.25) is 0 Å². The summed E-state index contributed by atoms with van der Waals surface area (Å²) in [5.41, 5.74) is 7.23. The third kappa shape index (κ3) is 1.79. The van der Waals surface area contributed by atoms with Crippen molar-refractivity contribution in [2.45, 2.75) is 19.9 Å². The van der Waals surface area contributed by atoms with Gasteiger partial charge in [0, 0.05) is 0 Å². The van der Waals surface area contributed by atoms with Crippen molar-refractivity contribution in [2.75, 3.05) is 0 Å². The van der Waals surface area contributed by atoms with Crippen LogP contribution >= 0.6 is 0 Å². The fourth-order valence-corrected chi connectivity index (χ4v) is 1.51. The van der Waals surface area contributed by atoms with Crippen LogP contribution in [0.5, 0.6) is 0 Å². The molecular weight excluding hydrogens is 209 g/mol. The lowest BCUT2D eigenvalue weighted by atomic mass is 10.2. The Balaban J connectivity index is 2.54. The maximum Gasteiger partial charge on any atom is 0.173 e. The Morgan fingerprint density at radius 1 is 1.44 bits per heavy atom. The minimum Gasteiger partial charge on any atom is -0.321 e. The van der Waals surface area contributed by atoms with Crippen molar-refractivity contribution < 1.29 is 4.39 Å². The molecule has 2 aromatic rings. The van der Waals surface area contributed by atoms with Crippen LogP contribution in [0.25, 0.3) is 5.69 Å². The van der Waals surface area contributed by atoms with Crippen LogP contribution in [0.3, 0.4) is 0 Å².